The van der Waals surface area contributed by atoms with Crippen LogP contribution < -0.4 is 10.6 Å². The SMILES string of the molecule is CCCCCc1cnc(N2CCCCC2CN)nc1. The number of nitrogens with zero attached hydrogens (tertiary/aromatic N) is 3. The number of aryl methyl sites for hydroxylation is 1. The summed E-state index contributed by atoms with van der Waals surface area (Å²) >= 11 is 0. The fourth-order valence-electron chi connectivity index (χ4n) is 2.71. The third-order valence-corrected chi connectivity index (χ3v) is 3.92. The molecule has 4 heteroatoms. The summed E-state index contributed by atoms with van der Waals surface area (Å²) in [7, 11) is 0. The Morgan fingerprint density at radius 3 is 2.74 bits per heavy atom. The van der Waals surface area contributed by atoms with E-state index < -0.39 is 0 Å². The molecule has 1 saturated heterocycles. The van der Waals surface area contributed by atoms with Gasteiger partial charge in [0, 0.05) is 31.5 Å². The zero-order valence-corrected chi connectivity index (χ0v) is 12.0. The van der Waals surface area contributed by atoms with E-state index in [1.807, 2.05) is 12.4 Å². The van der Waals surface area contributed by atoms with E-state index in [0.29, 0.717) is 12.6 Å². The standard InChI is InChI=1S/C15H26N4/c1-2-3-4-7-13-11-17-15(18-12-13)19-9-6-5-8-14(19)10-16/h11-12,14H,2-10,16H2,1H3. The lowest BCUT2D eigenvalue weighted by Crippen LogP contribution is -2.45. The second-order valence-corrected chi connectivity index (χ2v) is 5.43. The molecule has 0 bridgehead atoms. The van der Waals surface area contributed by atoms with Gasteiger partial charge in [-0.05, 0) is 37.7 Å². The molecular formula is C15H26N4. The third-order valence-electron chi connectivity index (χ3n) is 3.92. The third kappa shape index (κ3) is 3.90. The highest BCUT2D eigenvalue weighted by Crippen LogP contribution is 2.21. The largest absolute Gasteiger partial charge is 0.337 e. The molecule has 0 amide bonds. The molecule has 0 radical (unpaired) electrons. The molecule has 1 fully saturated rings. The van der Waals surface area contributed by atoms with Crippen LogP contribution in [0.1, 0.15) is 51.0 Å². The zero-order valence-electron chi connectivity index (χ0n) is 12.0. The molecule has 2 N–H and O–H groups in total. The lowest BCUT2D eigenvalue weighted by Gasteiger charge is -2.34. The highest BCUT2D eigenvalue weighted by atomic mass is 15.3. The Balaban J connectivity index is 1.96. The average molecular weight is 262 g/mol. The Morgan fingerprint density at radius 2 is 2.05 bits per heavy atom. The van der Waals surface area contributed by atoms with E-state index in [0.717, 1.165) is 25.3 Å². The maximum absolute atomic E-state index is 5.84. The Bertz CT molecular complexity index is 363. The first kappa shape index (κ1) is 14.3. The fraction of sp³-hybridized carbons (Fsp3) is 0.733. The Morgan fingerprint density at radius 1 is 1.26 bits per heavy atom. The molecule has 19 heavy (non-hydrogen) atoms. The van der Waals surface area contributed by atoms with Gasteiger partial charge in [-0.1, -0.05) is 19.8 Å². The fourth-order valence-corrected chi connectivity index (χ4v) is 2.71. The molecule has 1 aliphatic heterocycles. The first-order chi connectivity index (χ1) is 9.35. The van der Waals surface area contributed by atoms with E-state index in [4.69, 9.17) is 5.73 Å². The second kappa shape index (κ2) is 7.43. The van der Waals surface area contributed by atoms with Gasteiger partial charge in [-0.25, -0.2) is 9.97 Å². The van der Waals surface area contributed by atoms with Crippen molar-refractivity contribution in [2.45, 2.75) is 57.9 Å². The molecule has 1 atom stereocenters. The minimum Gasteiger partial charge on any atom is -0.337 e. The number of aromatic nitrogens is 2. The number of piperidine rings is 1. The van der Waals surface area contributed by atoms with Crippen molar-refractivity contribution in [1.29, 1.82) is 0 Å². The molecule has 0 spiro atoms. The zero-order chi connectivity index (χ0) is 13.5. The molecule has 4 nitrogen and oxygen atoms in total. The van der Waals surface area contributed by atoms with Crippen molar-refractivity contribution in [3.05, 3.63) is 18.0 Å². The van der Waals surface area contributed by atoms with E-state index in [9.17, 15) is 0 Å². The minimum atomic E-state index is 0.416. The van der Waals surface area contributed by atoms with Crippen LogP contribution in [-0.2, 0) is 6.42 Å². The highest BCUT2D eigenvalue weighted by Gasteiger charge is 2.22. The normalized spacial score (nSPS) is 19.7. The smallest absolute Gasteiger partial charge is 0.225 e. The van der Waals surface area contributed by atoms with Crippen molar-refractivity contribution in [2.24, 2.45) is 5.73 Å². The monoisotopic (exact) mass is 262 g/mol. The molecule has 1 aromatic heterocycles. The van der Waals surface area contributed by atoms with Crippen molar-refractivity contribution in [3.8, 4) is 0 Å². The molecule has 1 aromatic rings. The second-order valence-electron chi connectivity index (χ2n) is 5.43. The highest BCUT2D eigenvalue weighted by molar-refractivity contribution is 5.32. The summed E-state index contributed by atoms with van der Waals surface area (Å²) in [6.07, 6.45) is 12.5. The Labute approximate surface area is 116 Å². The summed E-state index contributed by atoms with van der Waals surface area (Å²) in [5.41, 5.74) is 7.09. The van der Waals surface area contributed by atoms with Crippen LogP contribution in [0, 0.1) is 0 Å². The van der Waals surface area contributed by atoms with Gasteiger partial charge in [0.2, 0.25) is 5.95 Å². The van der Waals surface area contributed by atoms with Gasteiger partial charge in [0.05, 0.1) is 0 Å². The molecule has 1 unspecified atom stereocenters. The van der Waals surface area contributed by atoms with Gasteiger partial charge in [0.15, 0.2) is 0 Å². The van der Waals surface area contributed by atoms with Crippen LogP contribution in [0.5, 0.6) is 0 Å². The van der Waals surface area contributed by atoms with Gasteiger partial charge in [-0.2, -0.15) is 0 Å². The summed E-state index contributed by atoms with van der Waals surface area (Å²) in [6, 6.07) is 0.416. The van der Waals surface area contributed by atoms with E-state index in [1.165, 1.54) is 37.7 Å². The van der Waals surface area contributed by atoms with Gasteiger partial charge >= 0.3 is 0 Å². The number of hydrogen-bond acceptors (Lipinski definition) is 4. The summed E-state index contributed by atoms with van der Waals surface area (Å²) in [5.74, 6) is 0.856. The maximum Gasteiger partial charge on any atom is 0.225 e. The van der Waals surface area contributed by atoms with Gasteiger partial charge in [-0.3, -0.25) is 0 Å². The molecule has 106 valence electrons. The van der Waals surface area contributed by atoms with Crippen molar-refractivity contribution < 1.29 is 0 Å². The van der Waals surface area contributed by atoms with Gasteiger partial charge in [0.25, 0.3) is 0 Å². The van der Waals surface area contributed by atoms with Crippen LogP contribution >= 0.6 is 0 Å². The topological polar surface area (TPSA) is 55.0 Å². The summed E-state index contributed by atoms with van der Waals surface area (Å²) in [6.45, 7) is 3.96. The maximum atomic E-state index is 5.84. The van der Waals surface area contributed by atoms with E-state index >= 15 is 0 Å². The summed E-state index contributed by atoms with van der Waals surface area (Å²) in [4.78, 5) is 11.4. The van der Waals surface area contributed by atoms with Crippen LogP contribution in [0.15, 0.2) is 12.4 Å². The molecule has 1 aliphatic rings. The van der Waals surface area contributed by atoms with Crippen LogP contribution in [0.2, 0.25) is 0 Å². The molecular weight excluding hydrogens is 236 g/mol. The average Bonchev–Trinajstić information content (AvgIpc) is 2.48. The first-order valence-electron chi connectivity index (χ1n) is 7.62. The van der Waals surface area contributed by atoms with E-state index in [1.54, 1.807) is 0 Å². The van der Waals surface area contributed by atoms with Crippen molar-refractivity contribution in [3.63, 3.8) is 0 Å². The van der Waals surface area contributed by atoms with Crippen molar-refractivity contribution in [2.75, 3.05) is 18.0 Å². The van der Waals surface area contributed by atoms with Crippen molar-refractivity contribution >= 4 is 5.95 Å². The molecule has 0 saturated carbocycles. The summed E-state index contributed by atoms with van der Waals surface area (Å²) in [5, 5.41) is 0. The Hall–Kier alpha value is -1.16. The van der Waals surface area contributed by atoms with Crippen LogP contribution in [-0.4, -0.2) is 29.1 Å². The van der Waals surface area contributed by atoms with Crippen LogP contribution in [0.4, 0.5) is 5.95 Å². The molecule has 2 heterocycles. The minimum absolute atomic E-state index is 0.416. The van der Waals surface area contributed by atoms with E-state index in [2.05, 4.69) is 21.8 Å². The van der Waals surface area contributed by atoms with Crippen LogP contribution in [0.25, 0.3) is 0 Å². The lowest BCUT2D eigenvalue weighted by molar-refractivity contribution is 0.458. The lowest BCUT2D eigenvalue weighted by atomic mass is 10.0. The van der Waals surface area contributed by atoms with Crippen LogP contribution in [0.3, 0.4) is 0 Å². The quantitative estimate of drug-likeness (QED) is 0.800. The number of unbranched alkanes of at least 4 members (excludes halogenated alkanes) is 2. The summed E-state index contributed by atoms with van der Waals surface area (Å²) < 4.78 is 0. The van der Waals surface area contributed by atoms with Gasteiger partial charge < -0.3 is 10.6 Å². The number of rotatable bonds is 6. The Kier molecular flexibility index (Phi) is 5.58. The first-order valence-corrected chi connectivity index (χ1v) is 7.62. The molecule has 0 aromatic carbocycles. The molecule has 0 aliphatic carbocycles. The number of hydrogen-bond donors (Lipinski definition) is 1. The van der Waals surface area contributed by atoms with Gasteiger partial charge in [0.1, 0.15) is 0 Å². The van der Waals surface area contributed by atoms with Crippen molar-refractivity contribution in [1.82, 2.24) is 9.97 Å². The predicted octanol–water partition coefficient (Wildman–Crippen LogP) is 2.53. The predicted molar refractivity (Wildman–Crippen MR) is 79.3 cm³/mol. The molecule has 2 rings (SSSR count). The van der Waals surface area contributed by atoms with E-state index in [-0.39, 0.29) is 0 Å². The number of nitrogens with two attached hydrogens (primary N) is 1. The number of anilines is 1. The van der Waals surface area contributed by atoms with Gasteiger partial charge in [-0.15, -0.1) is 0 Å².